The van der Waals surface area contributed by atoms with Crippen LogP contribution in [-0.4, -0.2) is 60.3 Å². The predicted molar refractivity (Wildman–Crippen MR) is 81.9 cm³/mol. The molecule has 1 rings (SSSR count). The summed E-state index contributed by atoms with van der Waals surface area (Å²) in [5.41, 5.74) is 0. The van der Waals surface area contributed by atoms with Gasteiger partial charge in [-0.3, -0.25) is 4.74 Å². The fraction of sp³-hybridized carbons (Fsp3) is 1.00. The third-order valence-corrected chi connectivity index (χ3v) is 8.19. The molecule has 0 aromatic carbocycles. The second-order valence-electron chi connectivity index (χ2n) is 5.16. The van der Waals surface area contributed by atoms with Gasteiger partial charge in [0.1, 0.15) is 0 Å². The molecule has 0 radical (unpaired) electrons. The Morgan fingerprint density at radius 1 is 1.11 bits per heavy atom. The maximum atomic E-state index is 5.28. The molecule has 0 saturated carbocycles. The number of hydrogen-bond donors (Lipinski definition) is 0. The molecule has 1 fully saturated rings. The van der Waals surface area contributed by atoms with E-state index in [9.17, 15) is 0 Å². The average Bonchev–Trinajstić information content (AvgIpc) is 2.36. The summed E-state index contributed by atoms with van der Waals surface area (Å²) in [4.78, 5) is 0. The van der Waals surface area contributed by atoms with Crippen molar-refractivity contribution in [1.29, 1.82) is 0 Å². The molecule has 1 heterocycles. The lowest BCUT2D eigenvalue weighted by molar-refractivity contribution is 0.313. The molecular formula is C13H31N4P. The molecule has 0 aliphatic carbocycles. The summed E-state index contributed by atoms with van der Waals surface area (Å²) >= 11 is 0. The van der Waals surface area contributed by atoms with Crippen LogP contribution in [0.2, 0.25) is 0 Å². The fourth-order valence-corrected chi connectivity index (χ4v) is 6.84. The Bertz CT molecular complexity index is 287. The molecule has 0 spiro atoms. The summed E-state index contributed by atoms with van der Waals surface area (Å²) < 4.78 is 12.9. The minimum Gasteiger partial charge on any atom is -0.257 e. The van der Waals surface area contributed by atoms with Crippen molar-refractivity contribution in [2.24, 2.45) is 4.74 Å². The summed E-state index contributed by atoms with van der Waals surface area (Å²) in [6.07, 6.45) is 2.39. The van der Waals surface area contributed by atoms with Crippen molar-refractivity contribution in [2.75, 3.05) is 40.3 Å². The standard InChI is InChI=1S/C13H31N4P/c1-7-13(4)14-18(17(8-2)9-3)15(5)11-10-12-16(18)6/h13H,7-12H2,1-6H3. The second kappa shape index (κ2) is 7.04. The van der Waals surface area contributed by atoms with Gasteiger partial charge in [0.05, 0.1) is 0 Å². The van der Waals surface area contributed by atoms with Crippen LogP contribution in [0.3, 0.4) is 0 Å². The van der Waals surface area contributed by atoms with Crippen molar-refractivity contribution in [1.82, 2.24) is 14.0 Å². The predicted octanol–water partition coefficient (Wildman–Crippen LogP) is 3.34. The first kappa shape index (κ1) is 16.2. The van der Waals surface area contributed by atoms with Crippen LogP contribution >= 0.6 is 7.51 Å². The lowest BCUT2D eigenvalue weighted by Crippen LogP contribution is -2.43. The smallest absolute Gasteiger partial charge is 0.167 e. The number of nitrogens with zero attached hydrogens (tertiary/aromatic N) is 4. The van der Waals surface area contributed by atoms with Crippen LogP contribution < -0.4 is 0 Å². The Kier molecular flexibility index (Phi) is 6.32. The Balaban J connectivity index is 3.25. The molecule has 1 saturated heterocycles. The molecule has 0 N–H and O–H groups in total. The molecule has 0 aromatic rings. The van der Waals surface area contributed by atoms with E-state index in [4.69, 9.17) is 4.74 Å². The normalized spacial score (nSPS) is 23.3. The zero-order valence-electron chi connectivity index (χ0n) is 13.1. The molecule has 5 heteroatoms. The van der Waals surface area contributed by atoms with Crippen LogP contribution in [0.1, 0.15) is 40.5 Å². The molecule has 0 aromatic heterocycles. The van der Waals surface area contributed by atoms with E-state index in [1.165, 1.54) is 19.5 Å². The van der Waals surface area contributed by atoms with Crippen LogP contribution in [0.25, 0.3) is 0 Å². The van der Waals surface area contributed by atoms with E-state index in [0.29, 0.717) is 6.04 Å². The van der Waals surface area contributed by atoms with Crippen LogP contribution in [0.15, 0.2) is 4.74 Å². The van der Waals surface area contributed by atoms with E-state index in [-0.39, 0.29) is 0 Å². The van der Waals surface area contributed by atoms with Gasteiger partial charge in [-0.05, 0) is 33.9 Å². The molecule has 0 bridgehead atoms. The minimum absolute atomic E-state index is 0.446. The fourth-order valence-electron chi connectivity index (χ4n) is 2.69. The molecule has 108 valence electrons. The van der Waals surface area contributed by atoms with Crippen LogP contribution in [-0.2, 0) is 0 Å². The maximum Gasteiger partial charge on any atom is 0.167 e. The first-order valence-electron chi connectivity index (χ1n) is 7.32. The SMILES string of the molecule is CCC(C)N=P1(N(CC)CC)N(C)CCCN1C. The zero-order valence-corrected chi connectivity index (χ0v) is 14.0. The molecule has 0 amide bonds. The third-order valence-electron chi connectivity index (χ3n) is 3.93. The Hall–Kier alpha value is 0.110. The monoisotopic (exact) mass is 274 g/mol. The van der Waals surface area contributed by atoms with Gasteiger partial charge in [-0.1, -0.05) is 20.8 Å². The lowest BCUT2D eigenvalue weighted by Gasteiger charge is -2.50. The van der Waals surface area contributed by atoms with Crippen molar-refractivity contribution in [2.45, 2.75) is 46.6 Å². The van der Waals surface area contributed by atoms with Crippen molar-refractivity contribution in [3.63, 3.8) is 0 Å². The number of rotatable bonds is 5. The van der Waals surface area contributed by atoms with Gasteiger partial charge in [0.2, 0.25) is 0 Å². The van der Waals surface area contributed by atoms with Gasteiger partial charge in [0.25, 0.3) is 0 Å². The Morgan fingerprint density at radius 3 is 2.00 bits per heavy atom. The highest BCUT2D eigenvalue weighted by Crippen LogP contribution is 2.60. The van der Waals surface area contributed by atoms with Gasteiger partial charge in [-0.25, -0.2) is 14.0 Å². The number of hydrogen-bond acceptors (Lipinski definition) is 1. The van der Waals surface area contributed by atoms with E-state index >= 15 is 0 Å². The van der Waals surface area contributed by atoms with Crippen molar-refractivity contribution >= 4 is 7.51 Å². The van der Waals surface area contributed by atoms with Gasteiger partial charge >= 0.3 is 0 Å². The second-order valence-corrected chi connectivity index (χ2v) is 8.40. The van der Waals surface area contributed by atoms with E-state index in [1.54, 1.807) is 0 Å². The van der Waals surface area contributed by atoms with E-state index in [2.05, 4.69) is 55.8 Å². The van der Waals surface area contributed by atoms with Gasteiger partial charge in [0, 0.05) is 32.2 Å². The van der Waals surface area contributed by atoms with Crippen molar-refractivity contribution in [3.8, 4) is 0 Å². The summed E-state index contributed by atoms with van der Waals surface area (Å²) in [5, 5.41) is 0. The summed E-state index contributed by atoms with van der Waals surface area (Å²) in [6.45, 7) is 13.5. The van der Waals surface area contributed by atoms with Crippen LogP contribution in [0, 0.1) is 0 Å². The largest absolute Gasteiger partial charge is 0.257 e. The average molecular weight is 274 g/mol. The molecule has 1 unspecified atom stereocenters. The van der Waals surface area contributed by atoms with Crippen LogP contribution in [0.5, 0.6) is 0 Å². The van der Waals surface area contributed by atoms with Gasteiger partial charge < -0.3 is 0 Å². The molecular weight excluding hydrogens is 243 g/mol. The van der Waals surface area contributed by atoms with Gasteiger partial charge in [-0.15, -0.1) is 0 Å². The van der Waals surface area contributed by atoms with Crippen LogP contribution in [0.4, 0.5) is 0 Å². The molecule has 1 aliphatic rings. The highest BCUT2D eigenvalue weighted by Gasteiger charge is 2.37. The zero-order chi connectivity index (χ0) is 13.8. The summed E-state index contributed by atoms with van der Waals surface area (Å²) in [7, 11) is 2.89. The third kappa shape index (κ3) is 2.98. The first-order valence-corrected chi connectivity index (χ1v) is 8.92. The summed E-state index contributed by atoms with van der Waals surface area (Å²) in [6, 6.07) is 0.446. The van der Waals surface area contributed by atoms with Crippen molar-refractivity contribution in [3.05, 3.63) is 0 Å². The summed E-state index contributed by atoms with van der Waals surface area (Å²) in [5.74, 6) is 0. The molecule has 18 heavy (non-hydrogen) atoms. The van der Waals surface area contributed by atoms with E-state index < -0.39 is 7.51 Å². The highest BCUT2D eigenvalue weighted by molar-refractivity contribution is 7.59. The quantitative estimate of drug-likeness (QED) is 0.718. The van der Waals surface area contributed by atoms with Gasteiger partial charge in [-0.2, -0.15) is 0 Å². The Labute approximate surface area is 114 Å². The minimum atomic E-state index is -1.63. The topological polar surface area (TPSA) is 22.1 Å². The molecule has 1 atom stereocenters. The van der Waals surface area contributed by atoms with E-state index in [1.807, 2.05) is 0 Å². The molecule has 4 nitrogen and oxygen atoms in total. The Morgan fingerprint density at radius 2 is 1.61 bits per heavy atom. The van der Waals surface area contributed by atoms with Crippen molar-refractivity contribution < 1.29 is 0 Å². The lowest BCUT2D eigenvalue weighted by atomic mass is 10.3. The molecule has 1 aliphatic heterocycles. The first-order chi connectivity index (χ1) is 8.52. The van der Waals surface area contributed by atoms with E-state index in [0.717, 1.165) is 19.5 Å². The van der Waals surface area contributed by atoms with Gasteiger partial charge in [0.15, 0.2) is 7.51 Å². The highest BCUT2D eigenvalue weighted by atomic mass is 31.2. The maximum absolute atomic E-state index is 5.28.